The smallest absolute Gasteiger partial charge is 0.276 e. The van der Waals surface area contributed by atoms with E-state index in [1.807, 2.05) is 6.07 Å². The van der Waals surface area contributed by atoms with Gasteiger partial charge in [0.15, 0.2) is 5.69 Å². The number of alkyl halides is 1. The van der Waals surface area contributed by atoms with E-state index in [2.05, 4.69) is 9.97 Å². The summed E-state index contributed by atoms with van der Waals surface area (Å²) in [6.07, 6.45) is 0.566. The zero-order valence-corrected chi connectivity index (χ0v) is 14.8. The minimum atomic E-state index is -1.45. The third-order valence-corrected chi connectivity index (χ3v) is 4.61. The summed E-state index contributed by atoms with van der Waals surface area (Å²) in [4.78, 5) is 22.0. The Kier molecular flexibility index (Phi) is 4.87. The molecule has 0 bridgehead atoms. The maximum absolute atomic E-state index is 13.4. The van der Waals surface area contributed by atoms with Gasteiger partial charge in [-0.3, -0.25) is 9.78 Å². The Hall–Kier alpha value is -3.13. The molecule has 1 amide bonds. The number of nitrogens with zero attached hydrogens (tertiary/aromatic N) is 3. The summed E-state index contributed by atoms with van der Waals surface area (Å²) in [5, 5.41) is 9.44. The zero-order chi connectivity index (χ0) is 19.7. The first-order valence-corrected chi connectivity index (χ1v) is 8.76. The lowest BCUT2D eigenvalue weighted by atomic mass is 10.1. The van der Waals surface area contributed by atoms with Crippen molar-refractivity contribution in [3.63, 3.8) is 0 Å². The number of likely N-dealkylation sites (tertiary alicyclic amines) is 1. The Bertz CT molecular complexity index is 963. The first kappa shape index (κ1) is 18.2. The van der Waals surface area contributed by atoms with Crippen LogP contribution in [0, 0.1) is 5.82 Å². The molecular formula is C20H17F2N3O3. The highest BCUT2D eigenvalue weighted by molar-refractivity contribution is 5.92. The van der Waals surface area contributed by atoms with E-state index in [1.165, 1.54) is 23.3 Å². The van der Waals surface area contributed by atoms with Crippen LogP contribution in [0.1, 0.15) is 22.1 Å². The van der Waals surface area contributed by atoms with Gasteiger partial charge in [0.05, 0.1) is 19.5 Å². The molecule has 8 heteroatoms. The molecule has 1 saturated heterocycles. The van der Waals surface area contributed by atoms with Gasteiger partial charge in [-0.2, -0.15) is 0 Å². The highest BCUT2D eigenvalue weighted by atomic mass is 19.1. The van der Waals surface area contributed by atoms with Crippen LogP contribution >= 0.6 is 0 Å². The zero-order valence-electron chi connectivity index (χ0n) is 14.8. The highest BCUT2D eigenvalue weighted by Crippen LogP contribution is 2.20. The summed E-state index contributed by atoms with van der Waals surface area (Å²) in [6.45, 7) is -0.219. The molecule has 3 aromatic rings. The molecule has 1 aliphatic rings. The van der Waals surface area contributed by atoms with Gasteiger partial charge in [0.1, 0.15) is 24.4 Å². The minimum Gasteiger partial charge on any atom is -0.448 e. The molecule has 0 unspecified atom stereocenters. The molecule has 0 spiro atoms. The second-order valence-electron chi connectivity index (χ2n) is 6.64. The van der Waals surface area contributed by atoms with Crippen molar-refractivity contribution in [1.82, 2.24) is 14.9 Å². The third-order valence-electron chi connectivity index (χ3n) is 4.61. The number of benzene rings is 1. The second-order valence-corrected chi connectivity index (χ2v) is 6.64. The Morgan fingerprint density at radius 2 is 1.93 bits per heavy atom. The summed E-state index contributed by atoms with van der Waals surface area (Å²) in [7, 11) is 0. The van der Waals surface area contributed by atoms with Gasteiger partial charge in [-0.25, -0.2) is 13.8 Å². The van der Waals surface area contributed by atoms with Crippen molar-refractivity contribution < 1.29 is 23.1 Å². The number of pyridine rings is 1. The molecule has 1 aliphatic heterocycles. The fourth-order valence-electron chi connectivity index (χ4n) is 3.06. The lowest BCUT2D eigenvalue weighted by Crippen LogP contribution is -2.29. The largest absolute Gasteiger partial charge is 0.448 e. The topological polar surface area (TPSA) is 79.5 Å². The van der Waals surface area contributed by atoms with Gasteiger partial charge in [-0.15, -0.1) is 0 Å². The van der Waals surface area contributed by atoms with E-state index in [4.69, 9.17) is 4.42 Å². The number of aliphatic hydroxyl groups excluding tert-OH is 1. The first-order chi connectivity index (χ1) is 13.5. The van der Waals surface area contributed by atoms with Crippen molar-refractivity contribution in [1.29, 1.82) is 0 Å². The molecule has 1 N–H and O–H groups in total. The Labute approximate surface area is 159 Å². The average molecular weight is 385 g/mol. The van der Waals surface area contributed by atoms with E-state index in [0.717, 1.165) is 11.1 Å². The van der Waals surface area contributed by atoms with Crippen LogP contribution in [-0.4, -0.2) is 51.2 Å². The van der Waals surface area contributed by atoms with Crippen LogP contribution in [0.25, 0.3) is 11.1 Å². The molecule has 4 rings (SSSR count). The van der Waals surface area contributed by atoms with Crippen molar-refractivity contribution in [2.45, 2.75) is 18.7 Å². The average Bonchev–Trinajstić information content (AvgIpc) is 3.29. The molecule has 3 heterocycles. The van der Waals surface area contributed by atoms with Crippen LogP contribution in [0.15, 0.2) is 53.3 Å². The lowest BCUT2D eigenvalue weighted by molar-refractivity contribution is 0.0758. The van der Waals surface area contributed by atoms with Crippen LogP contribution in [0.5, 0.6) is 0 Å². The van der Waals surface area contributed by atoms with Crippen molar-refractivity contribution in [2.75, 3.05) is 13.1 Å². The van der Waals surface area contributed by atoms with Gasteiger partial charge in [0.25, 0.3) is 5.91 Å². The number of hydrogen-bond donors (Lipinski definition) is 1. The summed E-state index contributed by atoms with van der Waals surface area (Å²) >= 11 is 0. The number of hydrogen-bond acceptors (Lipinski definition) is 5. The normalized spacial score (nSPS) is 19.2. The van der Waals surface area contributed by atoms with Gasteiger partial charge in [0.2, 0.25) is 5.89 Å². The number of aliphatic hydroxyl groups is 1. The SMILES string of the molecule is O=C(c1coc(Cc2ccc(-c3ccc(F)cc3)cn2)n1)N1C[C@@H](O)[C@H](F)C1. The second kappa shape index (κ2) is 7.47. The third kappa shape index (κ3) is 3.77. The van der Waals surface area contributed by atoms with Crippen molar-refractivity contribution >= 4 is 5.91 Å². The number of carbonyl (C=O) groups excluding carboxylic acids is 1. The van der Waals surface area contributed by atoms with Gasteiger partial charge >= 0.3 is 0 Å². The van der Waals surface area contributed by atoms with Gasteiger partial charge in [0, 0.05) is 17.5 Å². The van der Waals surface area contributed by atoms with Crippen LogP contribution < -0.4 is 0 Å². The van der Waals surface area contributed by atoms with E-state index in [9.17, 15) is 18.7 Å². The molecule has 0 radical (unpaired) electrons. The number of halogens is 2. The van der Waals surface area contributed by atoms with Gasteiger partial charge < -0.3 is 14.4 Å². The fourth-order valence-corrected chi connectivity index (χ4v) is 3.06. The van der Waals surface area contributed by atoms with Crippen LogP contribution in [0.2, 0.25) is 0 Å². The monoisotopic (exact) mass is 385 g/mol. The van der Waals surface area contributed by atoms with Crippen LogP contribution in [-0.2, 0) is 6.42 Å². The maximum Gasteiger partial charge on any atom is 0.276 e. The molecule has 2 aromatic heterocycles. The van der Waals surface area contributed by atoms with Crippen molar-refractivity contribution in [3.8, 4) is 11.1 Å². The molecule has 0 aliphatic carbocycles. The molecule has 28 heavy (non-hydrogen) atoms. The summed E-state index contributed by atoms with van der Waals surface area (Å²) in [5.41, 5.74) is 2.45. The molecule has 144 valence electrons. The summed E-state index contributed by atoms with van der Waals surface area (Å²) < 4.78 is 31.7. The minimum absolute atomic E-state index is 0.0609. The van der Waals surface area contributed by atoms with Gasteiger partial charge in [-0.1, -0.05) is 18.2 Å². The standard InChI is InChI=1S/C20H17F2N3O3/c21-14-4-1-12(2-5-14)13-3-6-15(23-8-13)7-19-24-17(11-28-19)20(27)25-9-16(22)18(26)10-25/h1-6,8,11,16,18,26H,7,9-10H2/t16-,18-/m1/s1. The predicted octanol–water partition coefficient (Wildman–Crippen LogP) is 2.62. The molecular weight excluding hydrogens is 368 g/mol. The number of oxazole rings is 1. The number of amides is 1. The van der Waals surface area contributed by atoms with E-state index < -0.39 is 18.2 Å². The Morgan fingerprint density at radius 3 is 2.57 bits per heavy atom. The lowest BCUT2D eigenvalue weighted by Gasteiger charge is -2.12. The number of rotatable bonds is 4. The fraction of sp³-hybridized carbons (Fsp3) is 0.250. The number of carbonyl (C=O) groups is 1. The summed E-state index contributed by atoms with van der Waals surface area (Å²) in [5.74, 6) is -0.469. The van der Waals surface area contributed by atoms with Crippen LogP contribution in [0.3, 0.4) is 0 Å². The maximum atomic E-state index is 13.4. The van der Waals surface area contributed by atoms with Crippen molar-refractivity contribution in [3.05, 3.63) is 72.0 Å². The Morgan fingerprint density at radius 1 is 1.18 bits per heavy atom. The van der Waals surface area contributed by atoms with E-state index in [1.54, 1.807) is 24.4 Å². The number of aromatic nitrogens is 2. The van der Waals surface area contributed by atoms with Crippen molar-refractivity contribution in [2.24, 2.45) is 0 Å². The number of β-amino-alcohol motifs (C(OH)–C–C–N with tert-alkyl or cyclic N) is 1. The van der Waals surface area contributed by atoms with E-state index >= 15 is 0 Å². The first-order valence-electron chi connectivity index (χ1n) is 8.76. The summed E-state index contributed by atoms with van der Waals surface area (Å²) in [6, 6.07) is 9.79. The van der Waals surface area contributed by atoms with Crippen LogP contribution in [0.4, 0.5) is 8.78 Å². The highest BCUT2D eigenvalue weighted by Gasteiger charge is 2.35. The van der Waals surface area contributed by atoms with E-state index in [-0.39, 0.29) is 31.0 Å². The quantitative estimate of drug-likeness (QED) is 0.747. The van der Waals surface area contributed by atoms with E-state index in [0.29, 0.717) is 11.6 Å². The molecule has 6 nitrogen and oxygen atoms in total. The predicted molar refractivity (Wildman–Crippen MR) is 95.7 cm³/mol. The van der Waals surface area contributed by atoms with Gasteiger partial charge in [-0.05, 0) is 23.8 Å². The Balaban J connectivity index is 1.42. The molecule has 1 fully saturated rings. The molecule has 1 aromatic carbocycles. The molecule has 2 atom stereocenters. The molecule has 0 saturated carbocycles.